The van der Waals surface area contributed by atoms with Crippen molar-refractivity contribution in [3.63, 3.8) is 0 Å². The van der Waals surface area contributed by atoms with Crippen LogP contribution in [0.3, 0.4) is 0 Å². The van der Waals surface area contributed by atoms with Gasteiger partial charge in [0.25, 0.3) is 0 Å². The van der Waals surface area contributed by atoms with Crippen molar-refractivity contribution in [2.45, 2.75) is 53.5 Å². The smallest absolute Gasteiger partial charge is 0.211 e. The highest BCUT2D eigenvalue weighted by molar-refractivity contribution is 7.89. The van der Waals surface area contributed by atoms with Crippen molar-refractivity contribution in [2.24, 2.45) is 4.99 Å². The van der Waals surface area contributed by atoms with Crippen molar-refractivity contribution in [2.75, 3.05) is 25.4 Å². The van der Waals surface area contributed by atoms with Gasteiger partial charge < -0.3 is 15.2 Å². The van der Waals surface area contributed by atoms with Crippen LogP contribution >= 0.6 is 0 Å². The van der Waals surface area contributed by atoms with Gasteiger partial charge in [0.2, 0.25) is 10.0 Å². The molecule has 0 aromatic carbocycles. The van der Waals surface area contributed by atoms with E-state index in [2.05, 4.69) is 25.5 Å². The number of nitrogens with zero attached hydrogens (tertiary/aromatic N) is 2. The Hall–Kier alpha value is -1.61. The molecule has 0 amide bonds. The van der Waals surface area contributed by atoms with Crippen LogP contribution in [0.15, 0.2) is 9.52 Å². The fourth-order valence-electron chi connectivity index (χ4n) is 2.24. The molecule has 0 bridgehead atoms. The minimum Gasteiger partial charge on any atom is -0.361 e. The molecule has 0 saturated heterocycles. The summed E-state index contributed by atoms with van der Waals surface area (Å²) in [5.41, 5.74) is 2.00. The molecule has 1 heterocycles. The summed E-state index contributed by atoms with van der Waals surface area (Å²) in [6, 6.07) is 0. The molecule has 9 heteroatoms. The molecular weight excluding hydrogens is 342 g/mol. The molecule has 3 N–H and O–H groups in total. The maximum absolute atomic E-state index is 11.4. The Morgan fingerprint density at radius 1 is 1.12 bits per heavy atom. The lowest BCUT2D eigenvalue weighted by Crippen LogP contribution is -2.38. The first-order chi connectivity index (χ1) is 12.0. The molecule has 0 spiro atoms. The number of guanidine groups is 1. The van der Waals surface area contributed by atoms with Crippen molar-refractivity contribution >= 4 is 16.0 Å². The van der Waals surface area contributed by atoms with Gasteiger partial charge in [0, 0.05) is 31.6 Å². The van der Waals surface area contributed by atoms with Crippen LogP contribution in [0.4, 0.5) is 0 Å². The fraction of sp³-hybridized carbons (Fsp3) is 0.750. The molecule has 0 unspecified atom stereocenters. The second-order valence-electron chi connectivity index (χ2n) is 5.51. The molecule has 1 aromatic rings. The van der Waals surface area contributed by atoms with Crippen LogP contribution in [-0.4, -0.2) is 44.9 Å². The van der Waals surface area contributed by atoms with Gasteiger partial charge in [-0.25, -0.2) is 18.1 Å². The highest BCUT2D eigenvalue weighted by atomic mass is 32.2. The third-order valence-corrected chi connectivity index (χ3v) is 5.10. The third-order valence-electron chi connectivity index (χ3n) is 3.69. The lowest BCUT2D eigenvalue weighted by molar-refractivity contribution is 0.380. The number of aryl methyl sites for hydroxylation is 2. The minimum absolute atomic E-state index is 0.1000. The van der Waals surface area contributed by atoms with Gasteiger partial charge in [-0.05, 0) is 26.7 Å². The van der Waals surface area contributed by atoms with Crippen LogP contribution in [0, 0.1) is 0 Å². The highest BCUT2D eigenvalue weighted by Crippen LogP contribution is 2.16. The molecule has 25 heavy (non-hydrogen) atoms. The molecule has 144 valence electrons. The molecule has 1 rings (SSSR count). The number of sulfonamides is 1. The van der Waals surface area contributed by atoms with Crippen LogP contribution in [0.25, 0.3) is 0 Å². The molecule has 0 atom stereocenters. The monoisotopic (exact) mass is 373 g/mol. The molecule has 0 saturated carbocycles. The summed E-state index contributed by atoms with van der Waals surface area (Å²) in [5.74, 6) is 1.68. The zero-order valence-electron chi connectivity index (χ0n) is 15.7. The van der Waals surface area contributed by atoms with Crippen molar-refractivity contribution in [1.29, 1.82) is 0 Å². The van der Waals surface area contributed by atoms with Gasteiger partial charge in [0.15, 0.2) is 5.96 Å². The van der Waals surface area contributed by atoms with E-state index in [0.717, 1.165) is 36.4 Å². The lowest BCUT2D eigenvalue weighted by Gasteiger charge is -2.11. The van der Waals surface area contributed by atoms with E-state index in [1.165, 1.54) is 0 Å². The Kier molecular flexibility index (Phi) is 9.51. The van der Waals surface area contributed by atoms with Crippen LogP contribution in [0.2, 0.25) is 0 Å². The van der Waals surface area contributed by atoms with E-state index < -0.39 is 10.0 Å². The minimum atomic E-state index is -3.13. The van der Waals surface area contributed by atoms with Crippen molar-refractivity contribution in [3.05, 3.63) is 17.0 Å². The second-order valence-corrected chi connectivity index (χ2v) is 7.61. The van der Waals surface area contributed by atoms with Crippen molar-refractivity contribution < 1.29 is 12.9 Å². The zero-order chi connectivity index (χ0) is 18.7. The van der Waals surface area contributed by atoms with Crippen LogP contribution in [-0.2, 0) is 29.4 Å². The predicted molar refractivity (Wildman–Crippen MR) is 100 cm³/mol. The second kappa shape index (κ2) is 11.1. The largest absolute Gasteiger partial charge is 0.361 e. The maximum atomic E-state index is 11.4. The first-order valence-electron chi connectivity index (χ1n) is 8.93. The molecule has 0 aliphatic carbocycles. The summed E-state index contributed by atoms with van der Waals surface area (Å²) in [6.45, 7) is 10.0. The van der Waals surface area contributed by atoms with Gasteiger partial charge in [-0.2, -0.15) is 0 Å². The number of hydrogen-bond donors (Lipinski definition) is 3. The number of rotatable bonds is 11. The van der Waals surface area contributed by atoms with Crippen LogP contribution < -0.4 is 15.4 Å². The molecule has 8 nitrogen and oxygen atoms in total. The molecule has 0 aliphatic heterocycles. The number of aliphatic imine (C=N–C) groups is 1. The SMILES string of the molecule is CCNC(=NCc1c(CC)noc1CC)NCCCNS(=O)(=O)CC. The van der Waals surface area contributed by atoms with Gasteiger partial charge in [0.05, 0.1) is 18.0 Å². The number of hydrogen-bond acceptors (Lipinski definition) is 5. The Bertz CT molecular complexity index is 619. The van der Waals surface area contributed by atoms with Crippen LogP contribution in [0.1, 0.15) is 51.1 Å². The Balaban J connectivity index is 2.56. The summed E-state index contributed by atoms with van der Waals surface area (Å²) < 4.78 is 30.7. The average molecular weight is 374 g/mol. The summed E-state index contributed by atoms with van der Waals surface area (Å²) >= 11 is 0. The number of nitrogens with one attached hydrogen (secondary N) is 3. The summed E-state index contributed by atoms with van der Waals surface area (Å²) in [4.78, 5) is 4.59. The Morgan fingerprint density at radius 3 is 2.48 bits per heavy atom. The van der Waals surface area contributed by atoms with E-state index in [-0.39, 0.29) is 5.75 Å². The molecule has 0 radical (unpaired) electrons. The van der Waals surface area contributed by atoms with Gasteiger partial charge in [0.1, 0.15) is 5.76 Å². The van der Waals surface area contributed by atoms with E-state index >= 15 is 0 Å². The molecule has 0 fully saturated rings. The molecular formula is C16H31N5O3S. The van der Waals surface area contributed by atoms with Crippen molar-refractivity contribution in [1.82, 2.24) is 20.5 Å². The predicted octanol–water partition coefficient (Wildman–Crippen LogP) is 1.18. The van der Waals surface area contributed by atoms with E-state index in [4.69, 9.17) is 4.52 Å². The molecule has 1 aromatic heterocycles. The summed E-state index contributed by atoms with van der Waals surface area (Å²) in [6.07, 6.45) is 2.28. The standard InChI is InChI=1S/C16H31N5O3S/c1-5-14-13(15(6-2)24-21-14)12-19-16(17-7-3)18-10-9-11-20-25(22,23)8-4/h20H,5-12H2,1-4H3,(H2,17,18,19). The maximum Gasteiger partial charge on any atom is 0.211 e. The first kappa shape index (κ1) is 21.4. The van der Waals surface area contributed by atoms with E-state index in [1.807, 2.05) is 20.8 Å². The topological polar surface area (TPSA) is 109 Å². The first-order valence-corrected chi connectivity index (χ1v) is 10.6. The van der Waals surface area contributed by atoms with Gasteiger partial charge in [-0.3, -0.25) is 0 Å². The van der Waals surface area contributed by atoms with Crippen LogP contribution in [0.5, 0.6) is 0 Å². The van der Waals surface area contributed by atoms with E-state index in [0.29, 0.717) is 32.0 Å². The number of aromatic nitrogens is 1. The Morgan fingerprint density at radius 2 is 1.88 bits per heavy atom. The van der Waals surface area contributed by atoms with Gasteiger partial charge in [-0.15, -0.1) is 0 Å². The Labute approximate surface area is 150 Å². The average Bonchev–Trinajstić information content (AvgIpc) is 3.01. The zero-order valence-corrected chi connectivity index (χ0v) is 16.5. The quantitative estimate of drug-likeness (QED) is 0.305. The van der Waals surface area contributed by atoms with Gasteiger partial charge >= 0.3 is 0 Å². The van der Waals surface area contributed by atoms with Gasteiger partial charge in [-0.1, -0.05) is 19.0 Å². The fourth-order valence-corrected chi connectivity index (χ4v) is 2.90. The van der Waals surface area contributed by atoms with Crippen molar-refractivity contribution in [3.8, 4) is 0 Å². The third kappa shape index (κ3) is 7.43. The summed E-state index contributed by atoms with van der Waals surface area (Å²) in [7, 11) is -3.13. The highest BCUT2D eigenvalue weighted by Gasteiger charge is 2.13. The lowest BCUT2D eigenvalue weighted by atomic mass is 10.1. The van der Waals surface area contributed by atoms with E-state index in [9.17, 15) is 8.42 Å². The van der Waals surface area contributed by atoms with E-state index in [1.54, 1.807) is 6.92 Å². The normalized spacial score (nSPS) is 12.4. The summed E-state index contributed by atoms with van der Waals surface area (Å²) in [5, 5.41) is 10.5. The molecule has 0 aliphatic rings.